The summed E-state index contributed by atoms with van der Waals surface area (Å²) in [5.74, 6) is -0.451. The minimum Gasteiger partial charge on any atom is -0.352 e. The number of nitrogens with zero attached hydrogens (tertiary/aromatic N) is 1. The van der Waals surface area contributed by atoms with Crippen LogP contribution >= 0.6 is 11.6 Å². The minimum absolute atomic E-state index is 0.0222. The zero-order valence-corrected chi connectivity index (χ0v) is 17.6. The highest BCUT2D eigenvalue weighted by molar-refractivity contribution is 6.33. The number of carbonyl (C=O) groups excluding carboxylic acids is 3. The lowest BCUT2D eigenvalue weighted by atomic mass is 9.88. The second-order valence-electron chi connectivity index (χ2n) is 7.32. The lowest BCUT2D eigenvalue weighted by molar-refractivity contribution is -0.132. The maximum absolute atomic E-state index is 12.9. The molecule has 1 aliphatic heterocycles. The van der Waals surface area contributed by atoms with Crippen molar-refractivity contribution < 1.29 is 14.4 Å². The van der Waals surface area contributed by atoms with E-state index in [4.69, 9.17) is 11.6 Å². The number of rotatable bonds is 7. The number of hydrogen-bond donors (Lipinski definition) is 2. The summed E-state index contributed by atoms with van der Waals surface area (Å²) in [6.07, 6.45) is 2.63. The van der Waals surface area contributed by atoms with Crippen LogP contribution in [0.5, 0.6) is 0 Å². The van der Waals surface area contributed by atoms with Gasteiger partial charge in [-0.05, 0) is 44.2 Å². The molecule has 154 valence electrons. The van der Waals surface area contributed by atoms with Gasteiger partial charge in [0.1, 0.15) is 6.04 Å². The molecule has 0 unspecified atom stereocenters. The van der Waals surface area contributed by atoms with E-state index in [0.29, 0.717) is 42.9 Å². The average Bonchev–Trinajstić information content (AvgIpc) is 2.71. The maximum atomic E-state index is 12.9. The third-order valence-electron chi connectivity index (χ3n) is 5.35. The zero-order valence-electron chi connectivity index (χ0n) is 16.8. The minimum atomic E-state index is -0.656. The van der Waals surface area contributed by atoms with Gasteiger partial charge in [0, 0.05) is 25.6 Å². The van der Waals surface area contributed by atoms with Gasteiger partial charge < -0.3 is 15.5 Å². The summed E-state index contributed by atoms with van der Waals surface area (Å²) in [6.45, 7) is 6.99. The number of hydrogen-bond acceptors (Lipinski definition) is 3. The number of carbonyl (C=O) groups is 3. The fourth-order valence-corrected chi connectivity index (χ4v) is 3.62. The SMILES string of the molecule is CCC(=O)N1CCC([C@H](NC(=O)c2ccccc2Cl)C(=O)N[C@H](C)CC)CC1. The van der Waals surface area contributed by atoms with Gasteiger partial charge in [0.2, 0.25) is 11.8 Å². The molecule has 0 aromatic heterocycles. The van der Waals surface area contributed by atoms with Crippen molar-refractivity contribution in [1.29, 1.82) is 0 Å². The Kier molecular flexibility index (Phi) is 8.30. The molecule has 1 aromatic carbocycles. The number of halogens is 1. The van der Waals surface area contributed by atoms with E-state index in [2.05, 4.69) is 10.6 Å². The molecular formula is C21H30ClN3O3. The van der Waals surface area contributed by atoms with Crippen LogP contribution in [0.3, 0.4) is 0 Å². The van der Waals surface area contributed by atoms with Crippen LogP contribution in [0.1, 0.15) is 56.8 Å². The van der Waals surface area contributed by atoms with E-state index in [0.717, 1.165) is 6.42 Å². The van der Waals surface area contributed by atoms with Crippen LogP contribution in [-0.2, 0) is 9.59 Å². The molecule has 0 radical (unpaired) electrons. The molecule has 2 atom stereocenters. The second-order valence-corrected chi connectivity index (χ2v) is 7.73. The predicted octanol–water partition coefficient (Wildman–Crippen LogP) is 3.00. The van der Waals surface area contributed by atoms with E-state index in [1.165, 1.54) is 0 Å². The van der Waals surface area contributed by atoms with Gasteiger partial charge in [0.25, 0.3) is 5.91 Å². The third kappa shape index (κ3) is 5.71. The van der Waals surface area contributed by atoms with Crippen LogP contribution in [-0.4, -0.2) is 47.8 Å². The highest BCUT2D eigenvalue weighted by Crippen LogP contribution is 2.23. The summed E-state index contributed by atoms with van der Waals surface area (Å²) >= 11 is 6.14. The third-order valence-corrected chi connectivity index (χ3v) is 5.68. The Hall–Kier alpha value is -2.08. The molecule has 7 heteroatoms. The summed E-state index contributed by atoms with van der Waals surface area (Å²) in [5.41, 5.74) is 0.351. The van der Waals surface area contributed by atoms with Crippen molar-refractivity contribution in [2.24, 2.45) is 5.92 Å². The standard InChI is InChI=1S/C21H30ClN3O3/c1-4-14(3)23-21(28)19(15-10-12-25(13-11-15)18(26)5-2)24-20(27)16-8-6-7-9-17(16)22/h6-9,14-15,19H,4-5,10-13H2,1-3H3,(H,23,28)(H,24,27)/t14-,19+/m1/s1. The van der Waals surface area contributed by atoms with Gasteiger partial charge in [0.05, 0.1) is 10.6 Å². The number of likely N-dealkylation sites (tertiary alicyclic amines) is 1. The Balaban J connectivity index is 2.13. The highest BCUT2D eigenvalue weighted by Gasteiger charge is 2.34. The molecule has 0 spiro atoms. The fraction of sp³-hybridized carbons (Fsp3) is 0.571. The molecule has 1 fully saturated rings. The number of piperidine rings is 1. The first kappa shape index (κ1) is 22.2. The maximum Gasteiger partial charge on any atom is 0.253 e. The topological polar surface area (TPSA) is 78.5 Å². The molecule has 2 rings (SSSR count). The normalized spacial score (nSPS) is 16.9. The van der Waals surface area contributed by atoms with E-state index in [1.807, 2.05) is 25.7 Å². The predicted molar refractivity (Wildman–Crippen MR) is 110 cm³/mol. The largest absolute Gasteiger partial charge is 0.352 e. The lowest BCUT2D eigenvalue weighted by Gasteiger charge is -2.36. The number of amides is 3. The smallest absolute Gasteiger partial charge is 0.253 e. The molecule has 2 N–H and O–H groups in total. The molecule has 6 nitrogen and oxygen atoms in total. The van der Waals surface area contributed by atoms with E-state index >= 15 is 0 Å². The van der Waals surface area contributed by atoms with Gasteiger partial charge in [0.15, 0.2) is 0 Å². The van der Waals surface area contributed by atoms with Gasteiger partial charge >= 0.3 is 0 Å². The summed E-state index contributed by atoms with van der Waals surface area (Å²) < 4.78 is 0. The summed E-state index contributed by atoms with van der Waals surface area (Å²) in [5, 5.41) is 6.22. The molecule has 1 heterocycles. The van der Waals surface area contributed by atoms with Gasteiger partial charge in [-0.15, -0.1) is 0 Å². The summed E-state index contributed by atoms with van der Waals surface area (Å²) in [6, 6.07) is 6.16. The van der Waals surface area contributed by atoms with Crippen LogP contribution in [0.4, 0.5) is 0 Å². The van der Waals surface area contributed by atoms with Crippen molar-refractivity contribution in [3.63, 3.8) is 0 Å². The van der Waals surface area contributed by atoms with Crippen molar-refractivity contribution in [3.05, 3.63) is 34.9 Å². The Bertz CT molecular complexity index is 702. The zero-order chi connectivity index (χ0) is 20.7. The molecule has 0 bridgehead atoms. The van der Waals surface area contributed by atoms with E-state index in [9.17, 15) is 14.4 Å². The van der Waals surface area contributed by atoms with Gasteiger partial charge in [-0.3, -0.25) is 14.4 Å². The van der Waals surface area contributed by atoms with E-state index in [-0.39, 0.29) is 29.7 Å². The van der Waals surface area contributed by atoms with Gasteiger partial charge in [-0.1, -0.05) is 37.6 Å². The second kappa shape index (κ2) is 10.5. The first-order chi connectivity index (χ1) is 13.4. The average molecular weight is 408 g/mol. The lowest BCUT2D eigenvalue weighted by Crippen LogP contribution is -2.55. The Morgan fingerprint density at radius 2 is 1.79 bits per heavy atom. The van der Waals surface area contributed by atoms with Crippen LogP contribution in [0.2, 0.25) is 5.02 Å². The summed E-state index contributed by atoms with van der Waals surface area (Å²) in [7, 11) is 0. The van der Waals surface area contributed by atoms with Crippen molar-refractivity contribution in [3.8, 4) is 0 Å². The number of benzene rings is 1. The van der Waals surface area contributed by atoms with Crippen molar-refractivity contribution in [1.82, 2.24) is 15.5 Å². The van der Waals surface area contributed by atoms with Crippen LogP contribution in [0.25, 0.3) is 0 Å². The first-order valence-electron chi connectivity index (χ1n) is 10.0. The first-order valence-corrected chi connectivity index (χ1v) is 10.4. The molecule has 28 heavy (non-hydrogen) atoms. The summed E-state index contributed by atoms with van der Waals surface area (Å²) in [4.78, 5) is 39.4. The van der Waals surface area contributed by atoms with Gasteiger partial charge in [-0.25, -0.2) is 0 Å². The van der Waals surface area contributed by atoms with Crippen molar-refractivity contribution in [2.75, 3.05) is 13.1 Å². The monoisotopic (exact) mass is 407 g/mol. The Labute approximate surface area is 172 Å². The highest BCUT2D eigenvalue weighted by atomic mass is 35.5. The quantitative estimate of drug-likeness (QED) is 0.729. The van der Waals surface area contributed by atoms with Gasteiger partial charge in [-0.2, -0.15) is 0 Å². The van der Waals surface area contributed by atoms with E-state index < -0.39 is 6.04 Å². The molecular weight excluding hydrogens is 378 g/mol. The van der Waals surface area contributed by atoms with Crippen LogP contribution in [0, 0.1) is 5.92 Å². The van der Waals surface area contributed by atoms with Crippen molar-refractivity contribution >= 4 is 29.3 Å². The number of nitrogens with one attached hydrogen (secondary N) is 2. The molecule has 1 aliphatic rings. The fourth-order valence-electron chi connectivity index (χ4n) is 3.40. The van der Waals surface area contributed by atoms with Crippen LogP contribution < -0.4 is 10.6 Å². The molecule has 1 saturated heterocycles. The molecule has 0 aliphatic carbocycles. The van der Waals surface area contributed by atoms with E-state index in [1.54, 1.807) is 24.3 Å². The Morgan fingerprint density at radius 3 is 2.36 bits per heavy atom. The van der Waals surface area contributed by atoms with Crippen molar-refractivity contribution in [2.45, 2.75) is 58.5 Å². The molecule has 1 aromatic rings. The molecule has 3 amide bonds. The Morgan fingerprint density at radius 1 is 1.14 bits per heavy atom. The molecule has 0 saturated carbocycles. The van der Waals surface area contributed by atoms with Crippen LogP contribution in [0.15, 0.2) is 24.3 Å².